The minimum Gasteiger partial charge on any atom is -0.478 e. The van der Waals surface area contributed by atoms with Crippen molar-refractivity contribution in [2.24, 2.45) is 0 Å². The molecule has 0 unspecified atom stereocenters. The number of nitrogens with one attached hydrogen (secondary N) is 1. The maximum atomic E-state index is 12.0. The topological polar surface area (TPSA) is 105 Å². The molecule has 24 heavy (non-hydrogen) atoms. The zero-order chi connectivity index (χ0) is 17.5. The standard InChI is InChI=1S/C17H21N3O4/c1-3-5-14-19-16(24-20-14)7-4-6-15(21)18-13-10-12(17(22)23)9-8-11(13)2/h8-10H,3-7H2,1-2H3,(H,18,21)(H,22,23). The first-order chi connectivity index (χ1) is 11.5. The van der Waals surface area contributed by atoms with E-state index in [1.165, 1.54) is 12.1 Å². The van der Waals surface area contributed by atoms with Crippen LogP contribution < -0.4 is 5.32 Å². The number of aromatic carboxylic acids is 1. The van der Waals surface area contributed by atoms with Crippen molar-refractivity contribution in [2.75, 3.05) is 5.32 Å². The third-order valence-corrected chi connectivity index (χ3v) is 3.54. The van der Waals surface area contributed by atoms with Gasteiger partial charge in [0.05, 0.1) is 5.56 Å². The number of anilines is 1. The fourth-order valence-corrected chi connectivity index (χ4v) is 2.22. The molecular weight excluding hydrogens is 310 g/mol. The maximum absolute atomic E-state index is 12.0. The summed E-state index contributed by atoms with van der Waals surface area (Å²) in [5.41, 5.74) is 1.47. The van der Waals surface area contributed by atoms with E-state index in [2.05, 4.69) is 15.5 Å². The van der Waals surface area contributed by atoms with Gasteiger partial charge in [-0.3, -0.25) is 4.79 Å². The summed E-state index contributed by atoms with van der Waals surface area (Å²) in [6.07, 6.45) is 3.15. The number of hydrogen-bond donors (Lipinski definition) is 2. The van der Waals surface area contributed by atoms with Gasteiger partial charge in [-0.05, 0) is 37.5 Å². The van der Waals surface area contributed by atoms with Crippen LogP contribution >= 0.6 is 0 Å². The molecule has 0 aliphatic carbocycles. The molecule has 0 aliphatic heterocycles. The zero-order valence-corrected chi connectivity index (χ0v) is 13.8. The van der Waals surface area contributed by atoms with E-state index in [4.69, 9.17) is 9.63 Å². The third kappa shape index (κ3) is 4.91. The Kier molecular flexibility index (Phi) is 6.06. The lowest BCUT2D eigenvalue weighted by Gasteiger charge is -2.09. The van der Waals surface area contributed by atoms with Crippen molar-refractivity contribution in [3.8, 4) is 0 Å². The molecule has 1 aromatic heterocycles. The SMILES string of the molecule is CCCc1noc(CCCC(=O)Nc2cc(C(=O)O)ccc2C)n1. The molecule has 7 nitrogen and oxygen atoms in total. The van der Waals surface area contributed by atoms with E-state index in [-0.39, 0.29) is 11.5 Å². The van der Waals surface area contributed by atoms with Gasteiger partial charge in [-0.25, -0.2) is 4.79 Å². The summed E-state index contributed by atoms with van der Waals surface area (Å²) in [7, 11) is 0. The molecule has 0 aliphatic rings. The molecule has 0 atom stereocenters. The van der Waals surface area contributed by atoms with Gasteiger partial charge in [0.2, 0.25) is 11.8 Å². The molecule has 0 bridgehead atoms. The zero-order valence-electron chi connectivity index (χ0n) is 13.8. The van der Waals surface area contributed by atoms with Crippen molar-refractivity contribution in [2.45, 2.75) is 46.0 Å². The molecule has 1 amide bonds. The summed E-state index contributed by atoms with van der Waals surface area (Å²) in [4.78, 5) is 27.3. The molecule has 2 rings (SSSR count). The Hall–Kier alpha value is -2.70. The first-order valence-electron chi connectivity index (χ1n) is 7.95. The highest BCUT2D eigenvalue weighted by Crippen LogP contribution is 2.17. The number of hydrogen-bond acceptors (Lipinski definition) is 5. The van der Waals surface area contributed by atoms with Crippen LogP contribution in [0.25, 0.3) is 0 Å². The number of carbonyl (C=O) groups excluding carboxylic acids is 1. The average molecular weight is 331 g/mol. The molecule has 1 heterocycles. The molecular formula is C17H21N3O4. The number of aryl methyl sites for hydroxylation is 3. The Labute approximate surface area is 140 Å². The van der Waals surface area contributed by atoms with Crippen LogP contribution in [0.4, 0.5) is 5.69 Å². The lowest BCUT2D eigenvalue weighted by Crippen LogP contribution is -2.13. The summed E-state index contributed by atoms with van der Waals surface area (Å²) in [5.74, 6) is 0.0343. The number of amides is 1. The third-order valence-electron chi connectivity index (χ3n) is 3.54. The lowest BCUT2D eigenvalue weighted by atomic mass is 10.1. The largest absolute Gasteiger partial charge is 0.478 e. The average Bonchev–Trinajstić information content (AvgIpc) is 2.97. The Morgan fingerprint density at radius 2 is 2.08 bits per heavy atom. The van der Waals surface area contributed by atoms with Crippen LogP contribution in [0.2, 0.25) is 0 Å². The summed E-state index contributed by atoms with van der Waals surface area (Å²) < 4.78 is 5.12. The summed E-state index contributed by atoms with van der Waals surface area (Å²) in [6, 6.07) is 4.65. The van der Waals surface area contributed by atoms with E-state index in [0.29, 0.717) is 36.7 Å². The van der Waals surface area contributed by atoms with Gasteiger partial charge in [0.25, 0.3) is 0 Å². The number of carboxylic acid groups (broad SMARTS) is 1. The summed E-state index contributed by atoms with van der Waals surface area (Å²) >= 11 is 0. The predicted molar refractivity (Wildman–Crippen MR) is 88.0 cm³/mol. The van der Waals surface area contributed by atoms with Crippen LogP contribution in [0.3, 0.4) is 0 Å². The predicted octanol–water partition coefficient (Wildman–Crippen LogP) is 2.99. The minimum atomic E-state index is -1.02. The van der Waals surface area contributed by atoms with E-state index in [1.807, 2.05) is 13.8 Å². The van der Waals surface area contributed by atoms with Crippen LogP contribution in [0, 0.1) is 6.92 Å². The van der Waals surface area contributed by atoms with Crippen molar-refractivity contribution in [3.63, 3.8) is 0 Å². The van der Waals surface area contributed by atoms with Crippen LogP contribution in [0.15, 0.2) is 22.7 Å². The molecule has 0 saturated heterocycles. The van der Waals surface area contributed by atoms with Crippen LogP contribution in [-0.2, 0) is 17.6 Å². The fourth-order valence-electron chi connectivity index (χ4n) is 2.22. The molecule has 0 spiro atoms. The van der Waals surface area contributed by atoms with E-state index in [1.54, 1.807) is 6.07 Å². The van der Waals surface area contributed by atoms with Gasteiger partial charge in [0.15, 0.2) is 5.82 Å². The molecule has 0 fully saturated rings. The molecule has 2 N–H and O–H groups in total. The highest BCUT2D eigenvalue weighted by atomic mass is 16.5. The monoisotopic (exact) mass is 331 g/mol. The quantitative estimate of drug-likeness (QED) is 0.770. The van der Waals surface area contributed by atoms with E-state index < -0.39 is 5.97 Å². The molecule has 2 aromatic rings. The van der Waals surface area contributed by atoms with E-state index >= 15 is 0 Å². The second kappa shape index (κ2) is 8.24. The fraction of sp³-hybridized carbons (Fsp3) is 0.412. The number of benzene rings is 1. The van der Waals surface area contributed by atoms with Crippen molar-refractivity contribution in [3.05, 3.63) is 41.0 Å². The van der Waals surface area contributed by atoms with Crippen LogP contribution in [-0.4, -0.2) is 27.1 Å². The number of nitrogens with zero attached hydrogens (tertiary/aromatic N) is 2. The molecule has 0 saturated carbocycles. The second-order valence-corrected chi connectivity index (χ2v) is 5.59. The number of carbonyl (C=O) groups is 2. The molecule has 0 radical (unpaired) electrons. The number of carboxylic acids is 1. The molecule has 7 heteroatoms. The van der Waals surface area contributed by atoms with Gasteiger partial charge in [-0.2, -0.15) is 4.98 Å². The van der Waals surface area contributed by atoms with Crippen molar-refractivity contribution < 1.29 is 19.2 Å². The van der Waals surface area contributed by atoms with Gasteiger partial charge in [0.1, 0.15) is 0 Å². The lowest BCUT2D eigenvalue weighted by molar-refractivity contribution is -0.116. The van der Waals surface area contributed by atoms with Gasteiger partial charge in [-0.15, -0.1) is 0 Å². The van der Waals surface area contributed by atoms with Gasteiger partial charge in [0, 0.05) is 24.9 Å². The van der Waals surface area contributed by atoms with Gasteiger partial charge in [-0.1, -0.05) is 18.1 Å². The van der Waals surface area contributed by atoms with Gasteiger partial charge < -0.3 is 14.9 Å². The molecule has 128 valence electrons. The van der Waals surface area contributed by atoms with Crippen LogP contribution in [0.1, 0.15) is 53.8 Å². The Bertz CT molecular complexity index is 724. The Morgan fingerprint density at radius 1 is 1.29 bits per heavy atom. The van der Waals surface area contributed by atoms with Crippen molar-refractivity contribution in [1.29, 1.82) is 0 Å². The van der Waals surface area contributed by atoms with E-state index in [0.717, 1.165) is 18.4 Å². The Balaban J connectivity index is 1.84. The Morgan fingerprint density at radius 3 is 2.79 bits per heavy atom. The van der Waals surface area contributed by atoms with Crippen molar-refractivity contribution in [1.82, 2.24) is 10.1 Å². The molecule has 1 aromatic carbocycles. The van der Waals surface area contributed by atoms with Gasteiger partial charge >= 0.3 is 5.97 Å². The highest BCUT2D eigenvalue weighted by Gasteiger charge is 2.10. The smallest absolute Gasteiger partial charge is 0.335 e. The maximum Gasteiger partial charge on any atom is 0.335 e. The first-order valence-corrected chi connectivity index (χ1v) is 7.95. The number of rotatable bonds is 8. The highest BCUT2D eigenvalue weighted by molar-refractivity contribution is 5.94. The first kappa shape index (κ1) is 17.7. The van der Waals surface area contributed by atoms with Crippen LogP contribution in [0.5, 0.6) is 0 Å². The normalized spacial score (nSPS) is 10.6. The summed E-state index contributed by atoms with van der Waals surface area (Å²) in [6.45, 7) is 3.86. The second-order valence-electron chi connectivity index (χ2n) is 5.59. The minimum absolute atomic E-state index is 0.144. The van der Waals surface area contributed by atoms with E-state index in [9.17, 15) is 9.59 Å². The number of aromatic nitrogens is 2. The van der Waals surface area contributed by atoms with Crippen molar-refractivity contribution >= 4 is 17.6 Å². The summed E-state index contributed by atoms with van der Waals surface area (Å²) in [5, 5.41) is 15.6.